The molecule has 35 heavy (non-hydrogen) atoms. The molecule has 0 radical (unpaired) electrons. The Hall–Kier alpha value is -3.78. The van der Waals surface area contributed by atoms with Crippen LogP contribution in [-0.4, -0.2) is 49.1 Å². The number of aliphatic hydroxyl groups is 1. The summed E-state index contributed by atoms with van der Waals surface area (Å²) in [5.74, 6) is 0.480. The van der Waals surface area contributed by atoms with Gasteiger partial charge in [-0.1, -0.05) is 24.3 Å². The number of nitrogens with zero attached hydrogens (tertiary/aromatic N) is 1. The molecule has 0 saturated carbocycles. The summed E-state index contributed by atoms with van der Waals surface area (Å²) in [4.78, 5) is 28.6. The fourth-order valence-electron chi connectivity index (χ4n) is 4.20. The molecule has 0 fully saturated rings. The van der Waals surface area contributed by atoms with E-state index in [0.29, 0.717) is 35.2 Å². The number of aliphatic hydroxyl groups excluding tert-OH is 1. The number of ketones is 1. The van der Waals surface area contributed by atoms with Crippen LogP contribution in [0, 0.1) is 0 Å². The van der Waals surface area contributed by atoms with Crippen LogP contribution in [0.25, 0.3) is 0 Å². The third kappa shape index (κ3) is 4.88. The Labute approximate surface area is 208 Å². The second-order valence-electron chi connectivity index (χ2n) is 7.91. The highest BCUT2D eigenvalue weighted by Gasteiger charge is 2.43. The summed E-state index contributed by atoms with van der Waals surface area (Å²) >= 11 is 1.28. The van der Waals surface area contributed by atoms with E-state index in [4.69, 9.17) is 14.2 Å². The zero-order chi connectivity index (χ0) is 24.9. The van der Waals surface area contributed by atoms with Crippen LogP contribution in [0.3, 0.4) is 0 Å². The number of thiophene rings is 1. The standard InChI is InChI=1S/C27H27NO6S/c1-4-34-19-10-8-18(9-11-19)24-23(25(29)22-6-5-15-35-22)26(30)27(31)28(24)14-13-17-7-12-20(32-2)21(16-17)33-3/h5-12,15-16,24,30H,4,13-14H2,1-3H3. The predicted molar refractivity (Wildman–Crippen MR) is 134 cm³/mol. The molecule has 8 heteroatoms. The summed E-state index contributed by atoms with van der Waals surface area (Å²) in [7, 11) is 3.14. The lowest BCUT2D eigenvalue weighted by molar-refractivity contribution is -0.129. The van der Waals surface area contributed by atoms with E-state index in [-0.39, 0.29) is 17.9 Å². The highest BCUT2D eigenvalue weighted by atomic mass is 32.1. The van der Waals surface area contributed by atoms with Gasteiger partial charge in [-0.25, -0.2) is 0 Å². The number of hydrogen-bond acceptors (Lipinski definition) is 7. The van der Waals surface area contributed by atoms with E-state index in [1.54, 1.807) is 48.8 Å². The molecule has 1 unspecified atom stereocenters. The van der Waals surface area contributed by atoms with E-state index in [9.17, 15) is 14.7 Å². The highest BCUT2D eigenvalue weighted by Crippen LogP contribution is 2.40. The van der Waals surface area contributed by atoms with Crippen molar-refractivity contribution in [2.45, 2.75) is 19.4 Å². The van der Waals surface area contributed by atoms with Crippen LogP contribution < -0.4 is 14.2 Å². The molecule has 7 nitrogen and oxygen atoms in total. The SMILES string of the molecule is CCOc1ccc(C2C(C(=O)c3cccs3)=C(O)C(=O)N2CCc2ccc(OC)c(OC)c2)cc1. The minimum absolute atomic E-state index is 0.0916. The number of methoxy groups -OCH3 is 2. The van der Waals surface area contributed by atoms with Gasteiger partial charge >= 0.3 is 0 Å². The van der Waals surface area contributed by atoms with Gasteiger partial charge in [-0.2, -0.15) is 0 Å². The van der Waals surface area contributed by atoms with E-state index in [2.05, 4.69) is 0 Å². The van der Waals surface area contributed by atoms with E-state index in [1.807, 2.05) is 37.3 Å². The van der Waals surface area contributed by atoms with Crippen molar-refractivity contribution < 1.29 is 28.9 Å². The third-order valence-electron chi connectivity index (χ3n) is 5.89. The molecular formula is C27H27NO6S. The van der Waals surface area contributed by atoms with Crippen molar-refractivity contribution in [3.8, 4) is 17.2 Å². The minimum atomic E-state index is -0.715. The molecule has 1 amide bonds. The fourth-order valence-corrected chi connectivity index (χ4v) is 4.88. The first-order valence-electron chi connectivity index (χ1n) is 11.2. The predicted octanol–water partition coefficient (Wildman–Crippen LogP) is 4.99. The number of rotatable bonds is 10. The second kappa shape index (κ2) is 10.7. The lowest BCUT2D eigenvalue weighted by Crippen LogP contribution is -2.33. The van der Waals surface area contributed by atoms with Gasteiger partial charge in [0.2, 0.25) is 5.78 Å². The largest absolute Gasteiger partial charge is 0.503 e. The van der Waals surface area contributed by atoms with Crippen LogP contribution in [0.5, 0.6) is 17.2 Å². The summed E-state index contributed by atoms with van der Waals surface area (Å²) in [6.45, 7) is 2.72. The molecule has 1 atom stereocenters. The molecule has 0 saturated heterocycles. The van der Waals surface area contributed by atoms with Crippen LogP contribution >= 0.6 is 11.3 Å². The van der Waals surface area contributed by atoms with E-state index in [1.165, 1.54) is 11.3 Å². The molecule has 182 valence electrons. The van der Waals surface area contributed by atoms with Gasteiger partial charge < -0.3 is 24.2 Å². The summed E-state index contributed by atoms with van der Waals surface area (Å²) in [5, 5.41) is 12.6. The van der Waals surface area contributed by atoms with Crippen LogP contribution in [0.4, 0.5) is 0 Å². The quantitative estimate of drug-likeness (QED) is 0.401. The average molecular weight is 494 g/mol. The van der Waals surface area contributed by atoms with Gasteiger partial charge in [-0.15, -0.1) is 11.3 Å². The average Bonchev–Trinajstić information content (AvgIpc) is 3.50. The van der Waals surface area contributed by atoms with Crippen LogP contribution in [0.15, 0.2) is 71.3 Å². The van der Waals surface area contributed by atoms with Crippen LogP contribution in [-0.2, 0) is 11.2 Å². The number of benzene rings is 2. The maximum absolute atomic E-state index is 13.3. The number of amides is 1. The molecule has 0 spiro atoms. The smallest absolute Gasteiger partial charge is 0.290 e. The van der Waals surface area contributed by atoms with Gasteiger partial charge in [-0.3, -0.25) is 9.59 Å². The second-order valence-corrected chi connectivity index (χ2v) is 8.86. The van der Waals surface area contributed by atoms with Crippen molar-refractivity contribution >= 4 is 23.0 Å². The molecule has 1 N–H and O–H groups in total. The Bertz CT molecular complexity index is 1230. The molecule has 1 aliphatic heterocycles. The van der Waals surface area contributed by atoms with Gasteiger partial charge in [0.15, 0.2) is 17.3 Å². The Morgan fingerprint density at radius 3 is 2.43 bits per heavy atom. The summed E-state index contributed by atoms with van der Waals surface area (Å²) in [6, 6.07) is 15.6. The van der Waals surface area contributed by atoms with Gasteiger partial charge in [0, 0.05) is 6.54 Å². The lowest BCUT2D eigenvalue weighted by atomic mass is 9.95. The molecule has 2 heterocycles. The Balaban J connectivity index is 1.67. The Kier molecular flexibility index (Phi) is 7.41. The van der Waals surface area contributed by atoms with Gasteiger partial charge in [0.1, 0.15) is 5.75 Å². The fraction of sp³-hybridized carbons (Fsp3) is 0.259. The van der Waals surface area contributed by atoms with Crippen molar-refractivity contribution in [1.29, 1.82) is 0 Å². The number of hydrogen-bond donors (Lipinski definition) is 1. The maximum atomic E-state index is 13.3. The molecular weight excluding hydrogens is 466 g/mol. The zero-order valence-corrected chi connectivity index (χ0v) is 20.6. The van der Waals surface area contributed by atoms with Crippen molar-refractivity contribution in [1.82, 2.24) is 4.90 Å². The maximum Gasteiger partial charge on any atom is 0.290 e. The molecule has 4 rings (SSSR count). The van der Waals surface area contributed by atoms with E-state index >= 15 is 0 Å². The van der Waals surface area contributed by atoms with E-state index in [0.717, 1.165) is 11.1 Å². The molecule has 0 aliphatic carbocycles. The third-order valence-corrected chi connectivity index (χ3v) is 6.76. The first kappa shape index (κ1) is 24.3. The van der Waals surface area contributed by atoms with Crippen molar-refractivity contribution in [3.05, 3.63) is 87.3 Å². The Morgan fingerprint density at radius 1 is 1.06 bits per heavy atom. The Morgan fingerprint density at radius 2 is 1.80 bits per heavy atom. The molecule has 3 aromatic rings. The van der Waals surface area contributed by atoms with Crippen molar-refractivity contribution in [2.75, 3.05) is 27.4 Å². The van der Waals surface area contributed by atoms with E-state index < -0.39 is 17.7 Å². The summed E-state index contributed by atoms with van der Waals surface area (Å²) in [5.41, 5.74) is 1.74. The number of carbonyl (C=O) groups excluding carboxylic acids is 2. The van der Waals surface area contributed by atoms with Crippen molar-refractivity contribution in [2.24, 2.45) is 0 Å². The first-order valence-corrected chi connectivity index (χ1v) is 12.1. The van der Waals surface area contributed by atoms with Gasteiger partial charge in [0.25, 0.3) is 5.91 Å². The number of carbonyl (C=O) groups is 2. The van der Waals surface area contributed by atoms with Crippen LogP contribution in [0.1, 0.15) is 33.8 Å². The summed E-state index contributed by atoms with van der Waals surface area (Å²) < 4.78 is 16.2. The lowest BCUT2D eigenvalue weighted by Gasteiger charge is -2.27. The zero-order valence-electron chi connectivity index (χ0n) is 19.8. The molecule has 1 aliphatic rings. The normalized spacial score (nSPS) is 15.5. The first-order chi connectivity index (χ1) is 17.0. The van der Waals surface area contributed by atoms with Crippen molar-refractivity contribution in [3.63, 3.8) is 0 Å². The minimum Gasteiger partial charge on any atom is -0.503 e. The highest BCUT2D eigenvalue weighted by molar-refractivity contribution is 7.12. The number of ether oxygens (including phenoxy) is 3. The summed E-state index contributed by atoms with van der Waals surface area (Å²) in [6.07, 6.45) is 0.493. The number of Topliss-reactive ketones (excluding diaryl/α,β-unsaturated/α-hetero) is 1. The van der Waals surface area contributed by atoms with Gasteiger partial charge in [0.05, 0.1) is 37.3 Å². The molecule has 1 aromatic heterocycles. The molecule has 0 bridgehead atoms. The van der Waals surface area contributed by atoms with Gasteiger partial charge in [-0.05, 0) is 60.2 Å². The topological polar surface area (TPSA) is 85.3 Å². The van der Waals surface area contributed by atoms with Crippen LogP contribution in [0.2, 0.25) is 0 Å². The molecule has 2 aromatic carbocycles. The monoisotopic (exact) mass is 493 g/mol.